The number of aliphatic hydroxyl groups excluding tert-OH is 1. The van der Waals surface area contributed by atoms with Crippen molar-refractivity contribution >= 4 is 44.9 Å². The van der Waals surface area contributed by atoms with Crippen LogP contribution in [0.3, 0.4) is 0 Å². The first-order chi connectivity index (χ1) is 22.0. The van der Waals surface area contributed by atoms with Crippen molar-refractivity contribution in [1.29, 1.82) is 0 Å². The zero-order chi connectivity index (χ0) is 31.2. The number of fused-ring (bicyclic) bond motifs is 1. The number of aliphatic hydroxyl groups is 1. The topological polar surface area (TPSA) is 107 Å². The van der Waals surface area contributed by atoms with Gasteiger partial charge in [0.2, 0.25) is 0 Å². The monoisotopic (exact) mass is 691 g/mol. The molecule has 4 aromatic carbocycles. The highest BCUT2D eigenvalue weighted by Gasteiger charge is 2.27. The molecule has 1 saturated heterocycles. The SMILES string of the molecule is O=CC1CN(Cc2cc(Cl)c(OCc3cccc(-c4cccc(OCCCO)c4)c3Br)cc2OCc2ccc3nonc3c2)C1. The Bertz CT molecular complexity index is 1790. The molecule has 1 aliphatic rings. The number of aromatic nitrogens is 2. The van der Waals surface area contributed by atoms with Crippen LogP contribution in [-0.4, -0.2) is 52.9 Å². The van der Waals surface area contributed by atoms with Gasteiger partial charge >= 0.3 is 0 Å². The van der Waals surface area contributed by atoms with E-state index in [2.05, 4.69) is 31.1 Å². The van der Waals surface area contributed by atoms with Gasteiger partial charge < -0.3 is 24.1 Å². The Morgan fingerprint density at radius 2 is 1.76 bits per heavy atom. The van der Waals surface area contributed by atoms with Crippen LogP contribution >= 0.6 is 27.5 Å². The molecule has 1 N–H and O–H groups in total. The van der Waals surface area contributed by atoms with Gasteiger partial charge in [-0.15, -0.1) is 0 Å². The lowest BCUT2D eigenvalue weighted by molar-refractivity contribution is -0.115. The molecule has 1 aromatic heterocycles. The summed E-state index contributed by atoms with van der Waals surface area (Å²) < 4.78 is 24.1. The Kier molecular flexibility index (Phi) is 9.95. The van der Waals surface area contributed by atoms with Crippen LogP contribution in [0.5, 0.6) is 17.2 Å². The minimum Gasteiger partial charge on any atom is -0.493 e. The van der Waals surface area contributed by atoms with E-state index >= 15 is 0 Å². The minimum atomic E-state index is 0.0608. The highest BCUT2D eigenvalue weighted by Crippen LogP contribution is 2.37. The quantitative estimate of drug-likeness (QED) is 0.0987. The summed E-state index contributed by atoms with van der Waals surface area (Å²) in [5.74, 6) is 1.95. The van der Waals surface area contributed by atoms with Crippen molar-refractivity contribution in [3.05, 3.63) is 99.0 Å². The Morgan fingerprint density at radius 3 is 2.60 bits per heavy atom. The number of hydrogen-bond acceptors (Lipinski definition) is 9. The van der Waals surface area contributed by atoms with Crippen molar-refractivity contribution in [2.24, 2.45) is 5.92 Å². The summed E-state index contributed by atoms with van der Waals surface area (Å²) in [6, 6.07) is 23.2. The van der Waals surface area contributed by atoms with Crippen LogP contribution in [-0.2, 0) is 24.6 Å². The van der Waals surface area contributed by atoms with Gasteiger partial charge in [-0.05, 0) is 73.3 Å². The number of likely N-dealkylation sites (tertiary alicyclic amines) is 1. The molecule has 0 unspecified atom stereocenters. The lowest BCUT2D eigenvalue weighted by Crippen LogP contribution is -2.46. The summed E-state index contributed by atoms with van der Waals surface area (Å²) in [6.07, 6.45) is 1.58. The lowest BCUT2D eigenvalue weighted by Gasteiger charge is -2.36. The van der Waals surface area contributed by atoms with Crippen LogP contribution in [0.4, 0.5) is 0 Å². The second-order valence-corrected chi connectivity index (χ2v) is 12.1. The molecule has 0 amide bonds. The van der Waals surface area contributed by atoms with Gasteiger partial charge in [-0.25, -0.2) is 4.63 Å². The molecule has 2 heterocycles. The highest BCUT2D eigenvalue weighted by atomic mass is 79.9. The van der Waals surface area contributed by atoms with Gasteiger partial charge in [-0.1, -0.05) is 48.0 Å². The maximum Gasteiger partial charge on any atom is 0.142 e. The van der Waals surface area contributed by atoms with Crippen LogP contribution in [0, 0.1) is 5.92 Å². The molecule has 1 aliphatic heterocycles. The molecule has 5 aromatic rings. The maximum atomic E-state index is 11.1. The fourth-order valence-electron chi connectivity index (χ4n) is 5.17. The van der Waals surface area contributed by atoms with Crippen molar-refractivity contribution < 1.29 is 28.7 Å². The molecule has 232 valence electrons. The first-order valence-electron chi connectivity index (χ1n) is 14.6. The van der Waals surface area contributed by atoms with Gasteiger partial charge in [-0.3, -0.25) is 4.90 Å². The molecule has 11 heteroatoms. The molecule has 45 heavy (non-hydrogen) atoms. The van der Waals surface area contributed by atoms with E-state index in [1.54, 1.807) is 0 Å². The standard InChI is InChI=1S/C34H31BrClN3O6/c35-34-25(5-2-7-28(34)24-4-1-6-27(13-24)42-11-3-10-40)21-44-33-15-32(26(14-29(33)36)18-39-16-23(17-39)19-41)43-20-22-8-9-30-31(12-22)38-45-37-30/h1-2,4-9,12-15,19,23,40H,3,10-11,16-18,20-21H2. The summed E-state index contributed by atoms with van der Waals surface area (Å²) in [5, 5.41) is 17.3. The van der Waals surface area contributed by atoms with Crippen molar-refractivity contribution in [1.82, 2.24) is 15.2 Å². The summed E-state index contributed by atoms with van der Waals surface area (Å²) in [7, 11) is 0. The fourth-order valence-corrected chi connectivity index (χ4v) is 6.02. The molecule has 1 fully saturated rings. The number of aldehydes is 1. The van der Waals surface area contributed by atoms with Crippen molar-refractivity contribution in [3.8, 4) is 28.4 Å². The van der Waals surface area contributed by atoms with Gasteiger partial charge in [0.15, 0.2) is 0 Å². The minimum absolute atomic E-state index is 0.0608. The smallest absolute Gasteiger partial charge is 0.142 e. The third kappa shape index (κ3) is 7.48. The molecule has 0 spiro atoms. The second-order valence-electron chi connectivity index (χ2n) is 10.9. The predicted octanol–water partition coefficient (Wildman–Crippen LogP) is 6.86. The molecular weight excluding hydrogens is 662 g/mol. The molecule has 6 rings (SSSR count). The summed E-state index contributed by atoms with van der Waals surface area (Å²) >= 11 is 10.5. The number of halogens is 2. The molecule has 9 nitrogen and oxygen atoms in total. The molecule has 0 atom stereocenters. The van der Waals surface area contributed by atoms with E-state index in [1.165, 1.54) is 0 Å². The summed E-state index contributed by atoms with van der Waals surface area (Å²) in [6.45, 7) is 3.11. The van der Waals surface area contributed by atoms with E-state index in [1.807, 2.05) is 72.8 Å². The van der Waals surface area contributed by atoms with Crippen LogP contribution in [0.1, 0.15) is 23.1 Å². The van der Waals surface area contributed by atoms with E-state index in [9.17, 15) is 4.79 Å². The van der Waals surface area contributed by atoms with Crippen LogP contribution < -0.4 is 14.2 Å². The van der Waals surface area contributed by atoms with Crippen molar-refractivity contribution in [3.63, 3.8) is 0 Å². The van der Waals surface area contributed by atoms with Crippen molar-refractivity contribution in [2.45, 2.75) is 26.2 Å². The average molecular weight is 693 g/mol. The second kappa shape index (κ2) is 14.4. The van der Waals surface area contributed by atoms with E-state index < -0.39 is 0 Å². The summed E-state index contributed by atoms with van der Waals surface area (Å²) in [4.78, 5) is 13.3. The number of hydrogen-bond donors (Lipinski definition) is 1. The number of carbonyl (C=O) groups is 1. The fraction of sp³-hybridized carbons (Fsp3) is 0.265. The van der Waals surface area contributed by atoms with E-state index in [0.29, 0.717) is 66.8 Å². The number of benzene rings is 4. The largest absolute Gasteiger partial charge is 0.493 e. The van der Waals surface area contributed by atoms with Gasteiger partial charge in [-0.2, -0.15) is 0 Å². The van der Waals surface area contributed by atoms with Crippen LogP contribution in [0.2, 0.25) is 5.02 Å². The molecule has 0 saturated carbocycles. The first kappa shape index (κ1) is 31.0. The number of rotatable bonds is 14. The Balaban J connectivity index is 1.20. The Morgan fingerprint density at radius 1 is 0.933 bits per heavy atom. The van der Waals surface area contributed by atoms with E-state index in [-0.39, 0.29) is 19.1 Å². The van der Waals surface area contributed by atoms with Gasteiger partial charge in [0.25, 0.3) is 0 Å². The van der Waals surface area contributed by atoms with E-state index in [0.717, 1.165) is 44.3 Å². The zero-order valence-corrected chi connectivity index (χ0v) is 26.7. The zero-order valence-electron chi connectivity index (χ0n) is 24.3. The third-order valence-electron chi connectivity index (χ3n) is 7.58. The number of ether oxygens (including phenoxy) is 3. The Hall–Kier alpha value is -3.96. The number of nitrogens with zero attached hydrogens (tertiary/aromatic N) is 3. The molecule has 0 aliphatic carbocycles. The highest BCUT2D eigenvalue weighted by molar-refractivity contribution is 9.10. The molecular formula is C34H31BrClN3O6. The molecule has 0 bridgehead atoms. The third-order valence-corrected chi connectivity index (χ3v) is 8.81. The Labute approximate surface area is 273 Å². The first-order valence-corrected chi connectivity index (χ1v) is 15.8. The normalized spacial score (nSPS) is 13.5. The summed E-state index contributed by atoms with van der Waals surface area (Å²) in [5.41, 5.74) is 6.09. The van der Waals surface area contributed by atoms with Gasteiger partial charge in [0, 0.05) is 60.2 Å². The van der Waals surface area contributed by atoms with Gasteiger partial charge in [0.05, 0.1) is 11.6 Å². The van der Waals surface area contributed by atoms with Gasteiger partial charge in [0.1, 0.15) is 47.8 Å². The molecule has 0 radical (unpaired) electrons. The van der Waals surface area contributed by atoms with Crippen molar-refractivity contribution in [2.75, 3.05) is 26.3 Å². The van der Waals surface area contributed by atoms with Crippen LogP contribution in [0.25, 0.3) is 22.2 Å². The number of carbonyl (C=O) groups excluding carboxylic acids is 1. The van der Waals surface area contributed by atoms with Crippen LogP contribution in [0.15, 0.2) is 81.9 Å². The average Bonchev–Trinajstić information content (AvgIpc) is 3.50. The predicted molar refractivity (Wildman–Crippen MR) is 174 cm³/mol. The van der Waals surface area contributed by atoms with E-state index in [4.69, 9.17) is 35.5 Å². The maximum absolute atomic E-state index is 11.1. The lowest BCUT2D eigenvalue weighted by atomic mass is 10.0.